The minimum absolute atomic E-state index is 0.000247. The number of nitrogens with zero attached hydrogens (tertiary/aromatic N) is 2. The molecule has 3 aromatic rings. The molecular formula is C22H18ClFN2OS. The minimum atomic E-state index is -0.341. The summed E-state index contributed by atoms with van der Waals surface area (Å²) in [6.45, 7) is 1.12. The number of thioether (sulfide) groups is 1. The molecule has 1 amide bonds. The first kappa shape index (κ1) is 19.0. The van der Waals surface area contributed by atoms with Crippen molar-refractivity contribution in [2.75, 3.05) is 13.1 Å². The van der Waals surface area contributed by atoms with Crippen LogP contribution in [0.15, 0.2) is 65.7 Å². The van der Waals surface area contributed by atoms with E-state index in [1.54, 1.807) is 17.0 Å². The molecule has 6 heteroatoms. The van der Waals surface area contributed by atoms with E-state index in [2.05, 4.69) is 4.99 Å². The van der Waals surface area contributed by atoms with Crippen molar-refractivity contribution in [1.29, 1.82) is 0 Å². The Morgan fingerprint density at radius 1 is 1.11 bits per heavy atom. The number of benzene rings is 3. The van der Waals surface area contributed by atoms with Crippen LogP contribution in [-0.4, -0.2) is 29.1 Å². The Bertz CT molecular complexity index is 1040. The molecule has 0 aliphatic carbocycles. The van der Waals surface area contributed by atoms with Crippen LogP contribution in [0.4, 0.5) is 4.39 Å². The average Bonchev–Trinajstić information content (AvgIpc) is 3.17. The van der Waals surface area contributed by atoms with Gasteiger partial charge >= 0.3 is 0 Å². The van der Waals surface area contributed by atoms with Crippen molar-refractivity contribution in [3.05, 3.63) is 82.6 Å². The Kier molecular flexibility index (Phi) is 5.64. The molecule has 4 rings (SSSR count). The molecule has 0 fully saturated rings. The van der Waals surface area contributed by atoms with Crippen molar-refractivity contribution < 1.29 is 9.18 Å². The number of fused-ring (bicyclic) bond motifs is 1. The first-order valence-electron chi connectivity index (χ1n) is 9.00. The van der Waals surface area contributed by atoms with Crippen LogP contribution in [0, 0.1) is 5.82 Å². The largest absolute Gasteiger partial charge is 0.289 e. The molecule has 0 unspecified atom stereocenters. The molecule has 0 saturated heterocycles. The Morgan fingerprint density at radius 3 is 2.75 bits per heavy atom. The van der Waals surface area contributed by atoms with Crippen molar-refractivity contribution in [2.24, 2.45) is 4.99 Å². The lowest BCUT2D eigenvalue weighted by Crippen LogP contribution is -2.34. The Balaban J connectivity index is 1.48. The summed E-state index contributed by atoms with van der Waals surface area (Å²) in [6.07, 6.45) is 0.307. The number of carbonyl (C=O) groups is 1. The van der Waals surface area contributed by atoms with Crippen molar-refractivity contribution in [2.45, 2.75) is 12.2 Å². The number of amides is 1. The number of hydrogen-bond acceptors (Lipinski definition) is 3. The lowest BCUT2D eigenvalue weighted by molar-refractivity contribution is -0.126. The van der Waals surface area contributed by atoms with Gasteiger partial charge < -0.3 is 0 Å². The summed E-state index contributed by atoms with van der Waals surface area (Å²) in [5.74, 6) is -0.00507. The van der Waals surface area contributed by atoms with Gasteiger partial charge in [-0.3, -0.25) is 14.7 Å². The first-order valence-corrected chi connectivity index (χ1v) is 10.4. The molecule has 0 bridgehead atoms. The van der Waals surface area contributed by atoms with E-state index in [0.29, 0.717) is 41.0 Å². The normalized spacial score (nSPS) is 13.8. The number of hydrogen-bond donors (Lipinski definition) is 0. The van der Waals surface area contributed by atoms with Gasteiger partial charge in [-0.15, -0.1) is 0 Å². The highest BCUT2D eigenvalue weighted by atomic mass is 35.5. The van der Waals surface area contributed by atoms with Gasteiger partial charge in [0.2, 0.25) is 5.91 Å². The molecule has 0 saturated carbocycles. The first-order chi connectivity index (χ1) is 13.6. The second kappa shape index (κ2) is 8.33. The Labute approximate surface area is 172 Å². The Morgan fingerprint density at radius 2 is 1.89 bits per heavy atom. The molecule has 142 valence electrons. The summed E-state index contributed by atoms with van der Waals surface area (Å²) in [6, 6.07) is 18.7. The maximum absolute atomic E-state index is 14.0. The molecule has 1 aliphatic rings. The van der Waals surface area contributed by atoms with Gasteiger partial charge in [0, 0.05) is 22.9 Å². The summed E-state index contributed by atoms with van der Waals surface area (Å²) in [4.78, 5) is 19.1. The van der Waals surface area contributed by atoms with Crippen molar-refractivity contribution in [3.8, 4) is 0 Å². The van der Waals surface area contributed by atoms with Crippen LogP contribution in [0.3, 0.4) is 0 Å². The predicted molar refractivity (Wildman–Crippen MR) is 114 cm³/mol. The van der Waals surface area contributed by atoms with Gasteiger partial charge in [0.15, 0.2) is 5.17 Å². The monoisotopic (exact) mass is 412 g/mol. The van der Waals surface area contributed by atoms with E-state index in [4.69, 9.17) is 11.6 Å². The molecular weight excluding hydrogens is 395 g/mol. The summed E-state index contributed by atoms with van der Waals surface area (Å²) >= 11 is 7.45. The number of aliphatic imine (C=N–C) groups is 1. The van der Waals surface area contributed by atoms with Crippen LogP contribution in [-0.2, 0) is 17.0 Å². The molecule has 1 heterocycles. The summed E-state index contributed by atoms with van der Waals surface area (Å²) in [5, 5.41) is 3.22. The molecule has 0 radical (unpaired) electrons. The molecule has 3 nitrogen and oxygen atoms in total. The highest BCUT2D eigenvalue weighted by Crippen LogP contribution is 2.27. The molecule has 0 atom stereocenters. The van der Waals surface area contributed by atoms with Gasteiger partial charge in [-0.1, -0.05) is 71.9 Å². The highest BCUT2D eigenvalue weighted by molar-refractivity contribution is 8.13. The van der Waals surface area contributed by atoms with Crippen LogP contribution in [0.25, 0.3) is 10.8 Å². The smallest absolute Gasteiger partial charge is 0.233 e. The van der Waals surface area contributed by atoms with E-state index < -0.39 is 0 Å². The molecule has 0 N–H and O–H groups in total. The third kappa shape index (κ3) is 3.91. The van der Waals surface area contributed by atoms with Crippen LogP contribution in [0.1, 0.15) is 11.1 Å². The summed E-state index contributed by atoms with van der Waals surface area (Å²) in [7, 11) is 0. The van der Waals surface area contributed by atoms with Gasteiger partial charge in [-0.05, 0) is 28.5 Å². The van der Waals surface area contributed by atoms with E-state index in [0.717, 1.165) is 16.3 Å². The fraction of sp³-hybridized carbons (Fsp3) is 0.182. The lowest BCUT2D eigenvalue weighted by atomic mass is 10.0. The third-order valence-electron chi connectivity index (χ3n) is 4.73. The SMILES string of the molecule is O=C(Cc1cccc2ccccc12)N1CCN=C1SCc1c(F)cccc1Cl. The van der Waals surface area contributed by atoms with Gasteiger partial charge in [0.05, 0.1) is 13.0 Å². The number of halogens is 2. The summed E-state index contributed by atoms with van der Waals surface area (Å²) < 4.78 is 14.0. The van der Waals surface area contributed by atoms with E-state index in [-0.39, 0.29) is 11.7 Å². The van der Waals surface area contributed by atoms with Crippen molar-refractivity contribution in [3.63, 3.8) is 0 Å². The number of amidine groups is 1. The van der Waals surface area contributed by atoms with Crippen LogP contribution in [0.2, 0.25) is 5.02 Å². The molecule has 0 spiro atoms. The number of carbonyl (C=O) groups excluding carboxylic acids is 1. The maximum atomic E-state index is 14.0. The van der Waals surface area contributed by atoms with E-state index in [1.165, 1.54) is 17.8 Å². The van der Waals surface area contributed by atoms with E-state index in [9.17, 15) is 9.18 Å². The minimum Gasteiger partial charge on any atom is -0.289 e. The second-order valence-electron chi connectivity index (χ2n) is 6.51. The number of rotatable bonds is 4. The Hall–Kier alpha value is -2.37. The van der Waals surface area contributed by atoms with Gasteiger partial charge in [0.1, 0.15) is 5.82 Å². The zero-order valence-corrected chi connectivity index (χ0v) is 16.6. The standard InChI is InChI=1S/C22H18ClFN2OS/c23-19-9-4-10-20(24)18(19)14-28-22-25-11-12-26(22)21(27)13-16-7-3-6-15-5-1-2-8-17(15)16/h1-10H,11-14H2. The van der Waals surface area contributed by atoms with Gasteiger partial charge in [-0.25, -0.2) is 4.39 Å². The van der Waals surface area contributed by atoms with Crippen molar-refractivity contribution in [1.82, 2.24) is 4.90 Å². The highest BCUT2D eigenvalue weighted by Gasteiger charge is 2.25. The quantitative estimate of drug-likeness (QED) is 0.582. The van der Waals surface area contributed by atoms with E-state index >= 15 is 0 Å². The van der Waals surface area contributed by atoms with E-state index in [1.807, 2.05) is 42.5 Å². The van der Waals surface area contributed by atoms with Crippen molar-refractivity contribution >= 4 is 45.2 Å². The topological polar surface area (TPSA) is 32.7 Å². The zero-order chi connectivity index (χ0) is 19.5. The molecule has 28 heavy (non-hydrogen) atoms. The fourth-order valence-electron chi connectivity index (χ4n) is 3.29. The van der Waals surface area contributed by atoms with Crippen LogP contribution >= 0.6 is 23.4 Å². The predicted octanol–water partition coefficient (Wildman–Crippen LogP) is 5.31. The third-order valence-corrected chi connectivity index (χ3v) is 6.13. The van der Waals surface area contributed by atoms with Gasteiger partial charge in [-0.2, -0.15) is 0 Å². The van der Waals surface area contributed by atoms with Crippen LogP contribution < -0.4 is 0 Å². The molecule has 1 aliphatic heterocycles. The second-order valence-corrected chi connectivity index (χ2v) is 7.86. The maximum Gasteiger partial charge on any atom is 0.233 e. The lowest BCUT2D eigenvalue weighted by Gasteiger charge is -2.18. The van der Waals surface area contributed by atoms with Gasteiger partial charge in [0.25, 0.3) is 0 Å². The molecule has 3 aromatic carbocycles. The average molecular weight is 413 g/mol. The zero-order valence-electron chi connectivity index (χ0n) is 15.1. The van der Waals surface area contributed by atoms with Crippen LogP contribution in [0.5, 0.6) is 0 Å². The summed E-state index contributed by atoms with van der Waals surface area (Å²) in [5.41, 5.74) is 1.43. The molecule has 0 aromatic heterocycles. The fourth-order valence-corrected chi connectivity index (χ4v) is 4.70.